The van der Waals surface area contributed by atoms with Gasteiger partial charge in [-0.1, -0.05) is 79.2 Å². The van der Waals surface area contributed by atoms with Crippen molar-refractivity contribution in [3.8, 4) is 5.75 Å². The van der Waals surface area contributed by atoms with Crippen molar-refractivity contribution >= 4 is 25.5 Å². The van der Waals surface area contributed by atoms with Crippen molar-refractivity contribution < 1.29 is 26.4 Å². The number of Topliss-reactive ketones (excluding diaryl/α,β-unsaturated/α-hetero) is 1. The Morgan fingerprint density at radius 3 is 1.87 bits per heavy atom. The van der Waals surface area contributed by atoms with Gasteiger partial charge in [0.1, 0.15) is 11.5 Å². The fourth-order valence-corrected chi connectivity index (χ4v) is 12.0. The minimum Gasteiger partial charge on any atom is -0.497 e. The highest BCUT2D eigenvalue weighted by Gasteiger charge is 2.56. The summed E-state index contributed by atoms with van der Waals surface area (Å²) in [6.07, 6.45) is 1.21. The van der Waals surface area contributed by atoms with Crippen LogP contribution in [0.4, 0.5) is 0 Å². The summed E-state index contributed by atoms with van der Waals surface area (Å²) in [5, 5.41) is -1.78. The lowest BCUT2D eigenvalue weighted by Gasteiger charge is -2.48. The molecule has 6 atom stereocenters. The lowest BCUT2D eigenvalue weighted by atomic mass is 9.61. The second-order valence-corrected chi connectivity index (χ2v) is 17.0. The van der Waals surface area contributed by atoms with Gasteiger partial charge in [-0.2, -0.15) is 0 Å². The van der Waals surface area contributed by atoms with Crippen LogP contribution in [0, 0.1) is 18.8 Å². The van der Waals surface area contributed by atoms with Gasteiger partial charge in [-0.15, -0.1) is 0 Å². The fourth-order valence-electron chi connectivity index (χ4n) is 7.68. The second kappa shape index (κ2) is 12.8. The first-order valence-electron chi connectivity index (χ1n) is 15.9. The number of aryl methyl sites for hydroxylation is 2. The van der Waals surface area contributed by atoms with Crippen LogP contribution < -0.4 is 4.74 Å². The van der Waals surface area contributed by atoms with Crippen LogP contribution in [0.25, 0.3) is 0 Å². The minimum absolute atomic E-state index is 0.0252. The molecule has 240 valence electrons. The topological polar surface area (TPSA) is 94.6 Å². The summed E-state index contributed by atoms with van der Waals surface area (Å²) in [7, 11) is -6.22. The number of benzene rings is 4. The molecule has 0 N–H and O–H groups in total. The molecule has 0 bridgehead atoms. The highest BCUT2D eigenvalue weighted by atomic mass is 32.2. The quantitative estimate of drug-likeness (QED) is 0.201. The van der Waals surface area contributed by atoms with Gasteiger partial charge in [0.2, 0.25) is 0 Å². The summed E-state index contributed by atoms with van der Waals surface area (Å²) in [6.45, 7) is 3.98. The van der Waals surface area contributed by atoms with Gasteiger partial charge in [-0.3, -0.25) is 4.79 Å². The third-order valence-electron chi connectivity index (χ3n) is 10.2. The van der Waals surface area contributed by atoms with E-state index >= 15 is 0 Å². The molecule has 0 heterocycles. The van der Waals surface area contributed by atoms with Crippen molar-refractivity contribution in [3.05, 3.63) is 125 Å². The first-order chi connectivity index (χ1) is 22.0. The summed E-state index contributed by atoms with van der Waals surface area (Å²) >= 11 is 0. The van der Waals surface area contributed by atoms with Gasteiger partial charge in [-0.25, -0.2) is 16.8 Å². The van der Waals surface area contributed by atoms with Gasteiger partial charge in [0.15, 0.2) is 19.7 Å². The van der Waals surface area contributed by atoms with Crippen molar-refractivity contribution in [2.45, 2.75) is 71.7 Å². The molecule has 8 heteroatoms. The largest absolute Gasteiger partial charge is 0.497 e. The predicted octanol–water partition coefficient (Wildman–Crippen LogP) is 7.12. The first-order valence-corrected chi connectivity index (χ1v) is 19.0. The third kappa shape index (κ3) is 5.93. The lowest BCUT2D eigenvalue weighted by molar-refractivity contribution is -0.128. The van der Waals surface area contributed by atoms with Crippen LogP contribution in [0.15, 0.2) is 113 Å². The highest BCUT2D eigenvalue weighted by molar-refractivity contribution is 7.92. The number of ketones is 1. The molecular weight excluding hydrogens is 617 g/mol. The monoisotopic (exact) mass is 656 g/mol. The number of ether oxygens (including phenoxy) is 1. The maximum atomic E-state index is 14.7. The van der Waals surface area contributed by atoms with Gasteiger partial charge >= 0.3 is 0 Å². The maximum Gasteiger partial charge on any atom is 0.182 e. The Kier molecular flexibility index (Phi) is 8.96. The van der Waals surface area contributed by atoms with E-state index in [-0.39, 0.29) is 34.8 Å². The van der Waals surface area contributed by atoms with E-state index in [0.717, 1.165) is 28.7 Å². The van der Waals surface area contributed by atoms with Gasteiger partial charge in [0.05, 0.1) is 27.4 Å². The standard InChI is InChI=1S/C38H40O6S2/c1-4-26-12-14-27(15-13-26)32-22-35-34(24-37(32)45(40,41)31-20-10-25(2)11-21-31)36(39)23-33(28-16-18-29(44-3)19-17-28)38(35)46(42,43)30-8-6-5-7-9-30/h5-21,32-35,37-38H,4,22-24H2,1-3H3. The maximum absolute atomic E-state index is 14.7. The zero-order chi connectivity index (χ0) is 32.6. The van der Waals surface area contributed by atoms with Crippen LogP contribution in [0.1, 0.15) is 60.3 Å². The Morgan fingerprint density at radius 2 is 1.26 bits per heavy atom. The molecule has 46 heavy (non-hydrogen) atoms. The van der Waals surface area contributed by atoms with Crippen LogP contribution in [-0.2, 0) is 30.9 Å². The zero-order valence-corrected chi connectivity index (χ0v) is 28.0. The molecule has 2 aliphatic rings. The molecular formula is C38H40O6S2. The number of sulfone groups is 2. The van der Waals surface area contributed by atoms with E-state index in [1.807, 2.05) is 43.3 Å². The number of rotatable bonds is 8. The van der Waals surface area contributed by atoms with E-state index in [4.69, 9.17) is 4.74 Å². The lowest BCUT2D eigenvalue weighted by Crippen LogP contribution is -2.53. The molecule has 0 amide bonds. The van der Waals surface area contributed by atoms with Crippen LogP contribution in [0.2, 0.25) is 0 Å². The van der Waals surface area contributed by atoms with E-state index in [1.54, 1.807) is 73.8 Å². The Morgan fingerprint density at radius 1 is 0.674 bits per heavy atom. The van der Waals surface area contributed by atoms with E-state index in [1.165, 1.54) is 0 Å². The van der Waals surface area contributed by atoms with Gasteiger partial charge in [-0.05, 0) is 85.2 Å². The number of fused-ring (bicyclic) bond motifs is 1. The van der Waals surface area contributed by atoms with E-state index in [9.17, 15) is 21.6 Å². The molecule has 6 unspecified atom stereocenters. The molecule has 4 aromatic carbocycles. The average Bonchev–Trinajstić information content (AvgIpc) is 3.08. The normalized spacial score (nSPS) is 25.1. The molecule has 6 nitrogen and oxygen atoms in total. The Bertz CT molecular complexity index is 1900. The van der Waals surface area contributed by atoms with E-state index in [0.29, 0.717) is 5.75 Å². The highest BCUT2D eigenvalue weighted by Crippen LogP contribution is 2.54. The van der Waals surface area contributed by atoms with Gasteiger partial charge < -0.3 is 4.74 Å². The molecule has 0 aromatic heterocycles. The number of hydrogen-bond acceptors (Lipinski definition) is 6. The van der Waals surface area contributed by atoms with Crippen molar-refractivity contribution in [1.29, 1.82) is 0 Å². The zero-order valence-electron chi connectivity index (χ0n) is 26.4. The Hall–Kier alpha value is -3.75. The predicted molar refractivity (Wildman–Crippen MR) is 180 cm³/mol. The average molecular weight is 657 g/mol. The number of carbonyl (C=O) groups excluding carboxylic acids is 1. The number of hydrogen-bond donors (Lipinski definition) is 0. The van der Waals surface area contributed by atoms with Crippen molar-refractivity contribution in [3.63, 3.8) is 0 Å². The first kappa shape index (κ1) is 32.2. The molecule has 2 saturated carbocycles. The van der Waals surface area contributed by atoms with Gasteiger partial charge in [0.25, 0.3) is 0 Å². The molecule has 0 saturated heterocycles. The van der Waals surface area contributed by atoms with Crippen LogP contribution in [-0.4, -0.2) is 40.2 Å². The molecule has 0 spiro atoms. The smallest absolute Gasteiger partial charge is 0.182 e. The summed E-state index contributed by atoms with van der Waals surface area (Å²) in [4.78, 5) is 14.5. The van der Waals surface area contributed by atoms with Crippen LogP contribution >= 0.6 is 0 Å². The van der Waals surface area contributed by atoms with Crippen LogP contribution in [0.3, 0.4) is 0 Å². The molecule has 2 aliphatic carbocycles. The second-order valence-electron chi connectivity index (χ2n) is 12.7. The summed E-state index contributed by atoms with van der Waals surface area (Å²) in [5.74, 6) is -1.78. The molecule has 2 fully saturated rings. The van der Waals surface area contributed by atoms with E-state index in [2.05, 4.69) is 6.92 Å². The minimum atomic E-state index is -3.93. The van der Waals surface area contributed by atoms with Crippen molar-refractivity contribution in [2.24, 2.45) is 11.8 Å². The van der Waals surface area contributed by atoms with E-state index < -0.39 is 53.8 Å². The molecule has 0 radical (unpaired) electrons. The van der Waals surface area contributed by atoms with Crippen molar-refractivity contribution in [1.82, 2.24) is 0 Å². The number of methoxy groups -OCH3 is 1. The molecule has 4 aromatic rings. The SMILES string of the molecule is CCc1ccc(C2CC3C(CC2S(=O)(=O)c2ccc(C)cc2)C(=O)CC(c2ccc(OC)cc2)C3S(=O)(=O)c2ccccc2)cc1. The summed E-state index contributed by atoms with van der Waals surface area (Å²) in [5.41, 5.74) is 3.70. The summed E-state index contributed by atoms with van der Waals surface area (Å²) in [6, 6.07) is 30.6. The van der Waals surface area contributed by atoms with Gasteiger partial charge in [0, 0.05) is 24.2 Å². The Labute approximate surface area is 272 Å². The third-order valence-corrected chi connectivity index (χ3v) is 14.7. The summed E-state index contributed by atoms with van der Waals surface area (Å²) < 4.78 is 63.5. The fraction of sp³-hybridized carbons (Fsp3) is 0.342. The molecule has 6 rings (SSSR count). The Balaban J connectivity index is 1.50. The van der Waals surface area contributed by atoms with Crippen molar-refractivity contribution in [2.75, 3.05) is 7.11 Å². The molecule has 0 aliphatic heterocycles. The number of carbonyl (C=O) groups is 1. The van der Waals surface area contributed by atoms with Crippen LogP contribution in [0.5, 0.6) is 5.75 Å².